The number of aryl methyl sites for hydroxylation is 1. The van der Waals surface area contributed by atoms with E-state index < -0.39 is 10.0 Å². The minimum atomic E-state index is -3.82. The Balaban J connectivity index is 1.89. The number of hydrogen-bond donors (Lipinski definition) is 1. The molecule has 0 radical (unpaired) electrons. The van der Waals surface area contributed by atoms with Gasteiger partial charge in [0, 0.05) is 24.6 Å². The molecule has 3 rings (SSSR count). The summed E-state index contributed by atoms with van der Waals surface area (Å²) in [6.07, 6.45) is 1.59. The second-order valence-corrected chi connectivity index (χ2v) is 7.47. The molecule has 0 saturated heterocycles. The highest BCUT2D eigenvalue weighted by molar-refractivity contribution is 7.92. The smallest absolute Gasteiger partial charge is 0.261 e. The van der Waals surface area contributed by atoms with Crippen molar-refractivity contribution in [2.24, 2.45) is 0 Å². The van der Waals surface area contributed by atoms with E-state index >= 15 is 0 Å². The van der Waals surface area contributed by atoms with E-state index in [0.29, 0.717) is 28.9 Å². The first-order valence-electron chi connectivity index (χ1n) is 8.23. The predicted octanol–water partition coefficient (Wildman–Crippen LogP) is 3.48. The molecular weight excluding hydrogens is 384 g/mol. The van der Waals surface area contributed by atoms with Gasteiger partial charge in [-0.25, -0.2) is 13.4 Å². The molecule has 8 nitrogen and oxygen atoms in total. The maximum atomic E-state index is 12.7. The number of oxazole rings is 1. The van der Waals surface area contributed by atoms with Crippen molar-refractivity contribution in [2.45, 2.75) is 11.8 Å². The van der Waals surface area contributed by atoms with E-state index in [-0.39, 0.29) is 10.6 Å². The predicted molar refractivity (Wildman–Crippen MR) is 104 cm³/mol. The van der Waals surface area contributed by atoms with Gasteiger partial charge in [0.05, 0.1) is 38.1 Å². The molecule has 0 saturated carbocycles. The van der Waals surface area contributed by atoms with Gasteiger partial charge in [-0.1, -0.05) is 0 Å². The first-order valence-corrected chi connectivity index (χ1v) is 9.72. The molecule has 3 aromatic rings. The number of anilines is 1. The van der Waals surface area contributed by atoms with Gasteiger partial charge in [-0.3, -0.25) is 4.72 Å². The average Bonchev–Trinajstić information content (AvgIpc) is 3.13. The van der Waals surface area contributed by atoms with Crippen molar-refractivity contribution >= 4 is 15.7 Å². The van der Waals surface area contributed by atoms with Crippen molar-refractivity contribution in [3.05, 3.63) is 48.5 Å². The molecule has 28 heavy (non-hydrogen) atoms. The number of aromatic nitrogens is 1. The number of rotatable bonds is 7. The maximum absolute atomic E-state index is 12.7. The third kappa shape index (κ3) is 3.89. The molecule has 0 amide bonds. The normalized spacial score (nSPS) is 11.1. The van der Waals surface area contributed by atoms with Crippen LogP contribution < -0.4 is 18.9 Å². The highest BCUT2D eigenvalue weighted by Gasteiger charge is 2.19. The minimum absolute atomic E-state index is 0.0984. The van der Waals surface area contributed by atoms with Crippen LogP contribution in [0.3, 0.4) is 0 Å². The van der Waals surface area contributed by atoms with Gasteiger partial charge in [-0.15, -0.1) is 0 Å². The Hall–Kier alpha value is -3.20. The zero-order valence-corrected chi connectivity index (χ0v) is 16.7. The number of methoxy groups -OCH3 is 3. The van der Waals surface area contributed by atoms with Crippen LogP contribution in [0, 0.1) is 6.92 Å². The quantitative estimate of drug-likeness (QED) is 0.643. The molecule has 2 aromatic carbocycles. The Bertz CT molecular complexity index is 1050. The van der Waals surface area contributed by atoms with E-state index in [2.05, 4.69) is 9.71 Å². The molecule has 148 valence electrons. The molecule has 0 bridgehead atoms. The average molecular weight is 404 g/mol. The molecule has 0 atom stereocenters. The van der Waals surface area contributed by atoms with E-state index in [1.54, 1.807) is 25.3 Å². The van der Waals surface area contributed by atoms with Crippen LogP contribution in [0.5, 0.6) is 17.2 Å². The lowest BCUT2D eigenvalue weighted by molar-refractivity contribution is 0.325. The number of hydrogen-bond acceptors (Lipinski definition) is 7. The van der Waals surface area contributed by atoms with Gasteiger partial charge in [0.2, 0.25) is 5.75 Å². The Labute approximate surface area is 163 Å². The fraction of sp³-hybridized carbons (Fsp3) is 0.211. The molecule has 1 heterocycles. The van der Waals surface area contributed by atoms with Crippen LogP contribution in [-0.2, 0) is 10.0 Å². The van der Waals surface area contributed by atoms with Crippen LogP contribution in [0.1, 0.15) is 5.89 Å². The van der Waals surface area contributed by atoms with Crippen molar-refractivity contribution in [1.29, 1.82) is 0 Å². The first-order chi connectivity index (χ1) is 13.4. The minimum Gasteiger partial charge on any atom is -0.493 e. The lowest BCUT2D eigenvalue weighted by atomic mass is 10.2. The van der Waals surface area contributed by atoms with E-state index in [1.165, 1.54) is 45.6 Å². The SMILES string of the molecule is COc1cc(NS(=O)(=O)c2ccc(-c3cnc(C)o3)cc2)cc(OC)c1OC. The summed E-state index contributed by atoms with van der Waals surface area (Å²) >= 11 is 0. The zero-order valence-electron chi connectivity index (χ0n) is 15.8. The van der Waals surface area contributed by atoms with E-state index in [1.807, 2.05) is 0 Å². The lowest BCUT2D eigenvalue weighted by Gasteiger charge is -2.15. The van der Waals surface area contributed by atoms with Gasteiger partial charge < -0.3 is 18.6 Å². The van der Waals surface area contributed by atoms with E-state index in [9.17, 15) is 8.42 Å². The molecule has 0 fully saturated rings. The van der Waals surface area contributed by atoms with Crippen LogP contribution in [0.25, 0.3) is 11.3 Å². The number of ether oxygens (including phenoxy) is 3. The van der Waals surface area contributed by atoms with Crippen molar-refractivity contribution in [1.82, 2.24) is 4.98 Å². The second kappa shape index (κ2) is 7.81. The third-order valence-corrected chi connectivity index (χ3v) is 5.38. The summed E-state index contributed by atoms with van der Waals surface area (Å²) in [5.41, 5.74) is 1.01. The van der Waals surface area contributed by atoms with Crippen molar-refractivity contribution in [3.8, 4) is 28.6 Å². The highest BCUT2D eigenvalue weighted by atomic mass is 32.2. The van der Waals surface area contributed by atoms with Gasteiger partial charge in [0.1, 0.15) is 0 Å². The standard InChI is InChI=1S/C19H20N2O6S/c1-12-20-11-18(27-12)13-5-7-15(8-6-13)28(22,23)21-14-9-16(24-2)19(26-4)17(10-14)25-3/h5-11,21H,1-4H3. The van der Waals surface area contributed by atoms with Gasteiger partial charge in [-0.05, 0) is 24.3 Å². The van der Waals surface area contributed by atoms with Crippen LogP contribution in [0.15, 0.2) is 51.9 Å². The molecular formula is C19H20N2O6S. The van der Waals surface area contributed by atoms with Crippen LogP contribution in [-0.4, -0.2) is 34.7 Å². The second-order valence-electron chi connectivity index (χ2n) is 5.79. The molecule has 1 N–H and O–H groups in total. The van der Waals surface area contributed by atoms with E-state index in [4.69, 9.17) is 18.6 Å². The fourth-order valence-corrected chi connectivity index (χ4v) is 3.69. The van der Waals surface area contributed by atoms with Gasteiger partial charge in [-0.2, -0.15) is 0 Å². The molecule has 0 aliphatic rings. The van der Waals surface area contributed by atoms with Crippen molar-refractivity contribution in [2.75, 3.05) is 26.1 Å². The van der Waals surface area contributed by atoms with Gasteiger partial charge in [0.15, 0.2) is 23.1 Å². The molecule has 0 spiro atoms. The number of sulfonamides is 1. The number of nitrogens with zero attached hydrogens (tertiary/aromatic N) is 1. The summed E-state index contributed by atoms with van der Waals surface area (Å²) in [5, 5.41) is 0. The maximum Gasteiger partial charge on any atom is 0.261 e. The van der Waals surface area contributed by atoms with E-state index in [0.717, 1.165) is 5.56 Å². The topological polar surface area (TPSA) is 99.9 Å². The summed E-state index contributed by atoms with van der Waals surface area (Å²) in [6, 6.07) is 9.34. The fourth-order valence-electron chi connectivity index (χ4n) is 2.65. The van der Waals surface area contributed by atoms with Crippen LogP contribution >= 0.6 is 0 Å². The van der Waals surface area contributed by atoms with Gasteiger partial charge >= 0.3 is 0 Å². The Morgan fingerprint density at radius 2 is 1.57 bits per heavy atom. The molecule has 0 aliphatic carbocycles. The summed E-state index contributed by atoms with van der Waals surface area (Å²) in [7, 11) is 0.565. The lowest BCUT2D eigenvalue weighted by Crippen LogP contribution is -2.13. The summed E-state index contributed by atoms with van der Waals surface area (Å²) in [4.78, 5) is 4.13. The molecule has 1 aromatic heterocycles. The molecule has 0 aliphatic heterocycles. The zero-order chi connectivity index (χ0) is 20.3. The third-order valence-electron chi connectivity index (χ3n) is 3.99. The van der Waals surface area contributed by atoms with Crippen molar-refractivity contribution < 1.29 is 27.0 Å². The van der Waals surface area contributed by atoms with Crippen LogP contribution in [0.2, 0.25) is 0 Å². The van der Waals surface area contributed by atoms with Crippen molar-refractivity contribution in [3.63, 3.8) is 0 Å². The first kappa shape index (κ1) is 19.6. The summed E-state index contributed by atoms with van der Waals surface area (Å²) in [6.45, 7) is 1.74. The Kier molecular flexibility index (Phi) is 5.46. The molecule has 9 heteroatoms. The van der Waals surface area contributed by atoms with Crippen LogP contribution in [0.4, 0.5) is 5.69 Å². The Morgan fingerprint density at radius 3 is 2.04 bits per heavy atom. The summed E-state index contributed by atoms with van der Waals surface area (Å²) < 4.78 is 49.2. The van der Waals surface area contributed by atoms with Gasteiger partial charge in [0.25, 0.3) is 10.0 Å². The largest absolute Gasteiger partial charge is 0.493 e. The monoisotopic (exact) mass is 404 g/mol. The molecule has 0 unspecified atom stereocenters. The Morgan fingerprint density at radius 1 is 0.964 bits per heavy atom. The number of benzene rings is 2. The summed E-state index contributed by atoms with van der Waals surface area (Å²) in [5.74, 6) is 2.17. The highest BCUT2D eigenvalue weighted by Crippen LogP contribution is 2.40. The number of nitrogens with one attached hydrogen (secondary N) is 1.